The highest BCUT2D eigenvalue weighted by atomic mass is 32.1. The van der Waals surface area contributed by atoms with E-state index in [1.54, 1.807) is 0 Å². The van der Waals surface area contributed by atoms with Crippen LogP contribution in [-0.2, 0) is 0 Å². The fourth-order valence-electron chi connectivity index (χ4n) is 2.27. The van der Waals surface area contributed by atoms with E-state index in [4.69, 9.17) is 5.11 Å². The Bertz CT molecular complexity index is 532. The molecule has 3 rings (SSSR count). The summed E-state index contributed by atoms with van der Waals surface area (Å²) < 4.78 is 0. The first kappa shape index (κ1) is 13.7. The van der Waals surface area contributed by atoms with Crippen LogP contribution in [0.5, 0.6) is 0 Å². The minimum Gasteiger partial charge on any atom is -0.384 e. The van der Waals surface area contributed by atoms with Gasteiger partial charge in [0.1, 0.15) is 6.61 Å². The molecular formula is C16H19NO2S. The zero-order chi connectivity index (χ0) is 13.9. The summed E-state index contributed by atoms with van der Waals surface area (Å²) in [6, 6.07) is 3.73. The molecule has 106 valence electrons. The Hall–Kier alpha value is -1.31. The Labute approximate surface area is 123 Å². The summed E-state index contributed by atoms with van der Waals surface area (Å²) in [6.45, 7) is 1.70. The van der Waals surface area contributed by atoms with Crippen molar-refractivity contribution >= 4 is 17.2 Å². The van der Waals surface area contributed by atoms with Crippen molar-refractivity contribution < 1.29 is 9.90 Å². The SMILES string of the molecule is O=C(c1ccc(C#CCO)s1)N(CC1CC1)CC1CC1. The minimum atomic E-state index is -0.142. The maximum atomic E-state index is 12.6. The van der Waals surface area contributed by atoms with Crippen LogP contribution in [0.2, 0.25) is 0 Å². The maximum absolute atomic E-state index is 12.6. The molecule has 0 radical (unpaired) electrons. The minimum absolute atomic E-state index is 0.142. The number of aliphatic hydroxyl groups excluding tert-OH is 1. The lowest BCUT2D eigenvalue weighted by Crippen LogP contribution is -2.34. The van der Waals surface area contributed by atoms with Gasteiger partial charge < -0.3 is 10.0 Å². The van der Waals surface area contributed by atoms with Gasteiger partial charge in [0.05, 0.1) is 9.75 Å². The van der Waals surface area contributed by atoms with E-state index in [1.165, 1.54) is 37.0 Å². The molecular weight excluding hydrogens is 270 g/mol. The number of nitrogens with zero attached hydrogens (tertiary/aromatic N) is 1. The summed E-state index contributed by atoms with van der Waals surface area (Å²) in [5.41, 5.74) is 0. The molecule has 1 aromatic heterocycles. The van der Waals surface area contributed by atoms with Crippen molar-refractivity contribution in [3.05, 3.63) is 21.9 Å². The zero-order valence-corrected chi connectivity index (χ0v) is 12.3. The van der Waals surface area contributed by atoms with Crippen molar-refractivity contribution in [3.8, 4) is 11.8 Å². The molecule has 0 aliphatic heterocycles. The monoisotopic (exact) mass is 289 g/mol. The Morgan fingerprint density at radius 3 is 2.45 bits per heavy atom. The smallest absolute Gasteiger partial charge is 0.263 e. The van der Waals surface area contributed by atoms with Gasteiger partial charge in [0.25, 0.3) is 5.91 Å². The van der Waals surface area contributed by atoms with Crippen LogP contribution in [0.25, 0.3) is 0 Å². The summed E-state index contributed by atoms with van der Waals surface area (Å²) in [6.07, 6.45) is 5.08. The normalized spacial score (nSPS) is 17.4. The number of thiophene rings is 1. The number of carbonyl (C=O) groups is 1. The summed E-state index contributed by atoms with van der Waals surface area (Å²) >= 11 is 1.43. The van der Waals surface area contributed by atoms with Gasteiger partial charge in [-0.1, -0.05) is 11.8 Å². The number of hydrogen-bond donors (Lipinski definition) is 1. The van der Waals surface area contributed by atoms with Crippen molar-refractivity contribution in [1.29, 1.82) is 0 Å². The van der Waals surface area contributed by atoms with Crippen molar-refractivity contribution in [3.63, 3.8) is 0 Å². The fourth-order valence-corrected chi connectivity index (χ4v) is 3.12. The van der Waals surface area contributed by atoms with E-state index in [0.717, 1.165) is 34.7 Å². The number of rotatable bonds is 5. The van der Waals surface area contributed by atoms with Crippen molar-refractivity contribution in [2.45, 2.75) is 25.7 Å². The molecule has 1 heterocycles. The molecule has 0 atom stereocenters. The molecule has 2 saturated carbocycles. The highest BCUT2D eigenvalue weighted by Gasteiger charge is 2.32. The zero-order valence-electron chi connectivity index (χ0n) is 11.5. The van der Waals surface area contributed by atoms with Gasteiger partial charge in [-0.05, 0) is 49.7 Å². The maximum Gasteiger partial charge on any atom is 0.263 e. The topological polar surface area (TPSA) is 40.5 Å². The lowest BCUT2D eigenvalue weighted by Gasteiger charge is -2.21. The average molecular weight is 289 g/mol. The largest absolute Gasteiger partial charge is 0.384 e. The number of carbonyl (C=O) groups excluding carboxylic acids is 1. The quantitative estimate of drug-likeness (QED) is 0.845. The Kier molecular flexibility index (Phi) is 4.09. The molecule has 2 fully saturated rings. The highest BCUT2D eigenvalue weighted by molar-refractivity contribution is 7.14. The first-order valence-corrected chi connectivity index (χ1v) is 8.06. The van der Waals surface area contributed by atoms with E-state index >= 15 is 0 Å². The van der Waals surface area contributed by atoms with Gasteiger partial charge in [-0.2, -0.15) is 0 Å². The van der Waals surface area contributed by atoms with Crippen molar-refractivity contribution in [1.82, 2.24) is 4.90 Å². The van der Waals surface area contributed by atoms with Crippen LogP contribution in [0, 0.1) is 23.7 Å². The van der Waals surface area contributed by atoms with Crippen LogP contribution in [0.1, 0.15) is 40.2 Å². The van der Waals surface area contributed by atoms with Crippen LogP contribution in [0.3, 0.4) is 0 Å². The van der Waals surface area contributed by atoms with Crippen LogP contribution in [-0.4, -0.2) is 35.6 Å². The Balaban J connectivity index is 1.68. The Morgan fingerprint density at radius 2 is 1.90 bits per heavy atom. The van der Waals surface area contributed by atoms with Gasteiger partial charge >= 0.3 is 0 Å². The van der Waals surface area contributed by atoms with Gasteiger partial charge in [0, 0.05) is 13.1 Å². The van der Waals surface area contributed by atoms with E-state index < -0.39 is 0 Å². The third-order valence-corrected chi connectivity index (χ3v) is 4.73. The molecule has 4 heteroatoms. The summed E-state index contributed by atoms with van der Waals surface area (Å²) in [7, 11) is 0. The number of amides is 1. The lowest BCUT2D eigenvalue weighted by molar-refractivity contribution is 0.0744. The van der Waals surface area contributed by atoms with E-state index in [-0.39, 0.29) is 12.5 Å². The Morgan fingerprint density at radius 1 is 1.25 bits per heavy atom. The molecule has 20 heavy (non-hydrogen) atoms. The number of hydrogen-bond acceptors (Lipinski definition) is 3. The summed E-state index contributed by atoms with van der Waals surface area (Å²) in [5, 5.41) is 8.70. The molecule has 0 spiro atoms. The molecule has 1 N–H and O–H groups in total. The van der Waals surface area contributed by atoms with E-state index in [0.29, 0.717) is 0 Å². The van der Waals surface area contributed by atoms with Crippen LogP contribution in [0.15, 0.2) is 12.1 Å². The van der Waals surface area contributed by atoms with Gasteiger partial charge in [0.15, 0.2) is 0 Å². The molecule has 0 unspecified atom stereocenters. The first-order valence-electron chi connectivity index (χ1n) is 7.25. The molecule has 3 nitrogen and oxygen atoms in total. The highest BCUT2D eigenvalue weighted by Crippen LogP contribution is 2.34. The summed E-state index contributed by atoms with van der Waals surface area (Å²) in [4.78, 5) is 16.3. The molecule has 1 aromatic rings. The molecule has 0 bridgehead atoms. The summed E-state index contributed by atoms with van der Waals surface area (Å²) in [5.74, 6) is 7.10. The van der Waals surface area contributed by atoms with Gasteiger partial charge in [-0.15, -0.1) is 11.3 Å². The van der Waals surface area contributed by atoms with Crippen molar-refractivity contribution in [2.24, 2.45) is 11.8 Å². The van der Waals surface area contributed by atoms with Crippen LogP contribution in [0.4, 0.5) is 0 Å². The average Bonchev–Trinajstić information content (AvgIpc) is 3.37. The molecule has 0 saturated heterocycles. The van der Waals surface area contributed by atoms with E-state index in [1.807, 2.05) is 17.0 Å². The third-order valence-electron chi connectivity index (χ3n) is 3.75. The standard InChI is InChI=1S/C16H19NO2S/c18-9-1-2-14-7-8-15(20-14)16(19)17(10-12-3-4-12)11-13-5-6-13/h7-8,12-13,18H,3-6,9-11H2. The van der Waals surface area contributed by atoms with Gasteiger partial charge in [-0.25, -0.2) is 0 Å². The van der Waals surface area contributed by atoms with E-state index in [9.17, 15) is 4.79 Å². The molecule has 1 amide bonds. The molecule has 0 aromatic carbocycles. The second kappa shape index (κ2) is 5.99. The number of aliphatic hydroxyl groups is 1. The van der Waals surface area contributed by atoms with Gasteiger partial charge in [-0.3, -0.25) is 4.79 Å². The van der Waals surface area contributed by atoms with Crippen LogP contribution >= 0.6 is 11.3 Å². The predicted octanol–water partition coefficient (Wildman–Crippen LogP) is 2.35. The fraction of sp³-hybridized carbons (Fsp3) is 0.562. The lowest BCUT2D eigenvalue weighted by atomic mass is 10.3. The second-order valence-corrected chi connectivity index (χ2v) is 6.80. The first-order chi connectivity index (χ1) is 9.76. The second-order valence-electron chi connectivity index (χ2n) is 5.72. The van der Waals surface area contributed by atoms with Crippen molar-refractivity contribution in [2.75, 3.05) is 19.7 Å². The van der Waals surface area contributed by atoms with E-state index in [2.05, 4.69) is 11.8 Å². The van der Waals surface area contributed by atoms with Gasteiger partial charge in [0.2, 0.25) is 0 Å². The molecule has 2 aliphatic carbocycles. The molecule has 2 aliphatic rings. The third kappa shape index (κ3) is 3.62. The predicted molar refractivity (Wildman–Crippen MR) is 79.6 cm³/mol. The van der Waals surface area contributed by atoms with Crippen LogP contribution < -0.4 is 0 Å².